The molecule has 0 saturated heterocycles. The first-order valence-electron chi connectivity index (χ1n) is 5.80. The van der Waals surface area contributed by atoms with Gasteiger partial charge in [0.05, 0.1) is 0 Å². The molecule has 2 fully saturated rings. The smallest absolute Gasteiger partial charge is 0.373 e. The third-order valence-corrected chi connectivity index (χ3v) is 2.50. The fourth-order valence-electron chi connectivity index (χ4n) is 1.77. The van der Waals surface area contributed by atoms with E-state index in [1.54, 1.807) is 0 Å². The van der Waals surface area contributed by atoms with Gasteiger partial charge in [0.25, 0.3) is 0 Å². The van der Waals surface area contributed by atoms with Crippen LogP contribution in [0, 0.1) is 14.9 Å². The van der Waals surface area contributed by atoms with E-state index in [2.05, 4.69) is 0 Å². The zero-order chi connectivity index (χ0) is 12.5. The second-order valence-corrected chi connectivity index (χ2v) is 3.71. The molecule has 0 heterocycles. The van der Waals surface area contributed by atoms with Gasteiger partial charge in [-0.25, -0.2) is 0 Å². The van der Waals surface area contributed by atoms with Gasteiger partial charge in [0.1, 0.15) is 0 Å². The van der Waals surface area contributed by atoms with Gasteiger partial charge < -0.3 is 37.0 Å². The molecule has 2 aliphatic rings. The Labute approximate surface area is 130 Å². The summed E-state index contributed by atoms with van der Waals surface area (Å²) in [5, 5.41) is 0. The second-order valence-electron chi connectivity index (χ2n) is 3.71. The van der Waals surface area contributed by atoms with E-state index in [0.29, 0.717) is 0 Å². The summed E-state index contributed by atoms with van der Waals surface area (Å²) in [4.78, 5) is 3.00. The van der Waals surface area contributed by atoms with E-state index >= 15 is 0 Å². The third-order valence-electron chi connectivity index (χ3n) is 2.50. The van der Waals surface area contributed by atoms with Crippen LogP contribution in [0.2, 0.25) is 0 Å². The summed E-state index contributed by atoms with van der Waals surface area (Å²) in [7, 11) is 0. The van der Waals surface area contributed by atoms with Gasteiger partial charge in [-0.3, -0.25) is 9.82 Å². The summed E-state index contributed by atoms with van der Waals surface area (Å²) in [6.07, 6.45) is 15.0. The van der Waals surface area contributed by atoms with Crippen LogP contribution in [0.5, 0.6) is 0 Å². The standard InChI is InChI=1S/2C5H10.2CH3.2N3.V/c2*1-2-4-5-3-1;;;2*1-3-2;/h2*1-5H2;2*1H3;;;/q;;4*-1;+4. The Hall–Kier alpha value is -0.796. The molecular weight excluding hydrogens is 279 g/mol. The predicted molar refractivity (Wildman–Crippen MR) is 79.2 cm³/mol. The molecule has 0 aromatic rings. The molecule has 109 valence electrons. The molecule has 2 rings (SSSR count). The number of rotatable bonds is 0. The van der Waals surface area contributed by atoms with Crippen molar-refractivity contribution in [1.29, 1.82) is 0 Å². The molecule has 0 aromatic heterocycles. The SMILES string of the molecule is C1CCCC1.C1CCCC1.[CH3-].[CH3-].[N-]=[N+]=[N-].[N-]=[N+]=[N-].[V+4]. The topological polar surface area (TPSA) is 117 Å². The second kappa shape index (κ2) is 36.0. The van der Waals surface area contributed by atoms with E-state index in [1.165, 1.54) is 74.0 Å². The molecule has 2 aliphatic carbocycles. The molecule has 0 amide bonds. The van der Waals surface area contributed by atoms with Crippen molar-refractivity contribution < 1.29 is 18.6 Å². The summed E-state index contributed by atoms with van der Waals surface area (Å²) < 4.78 is 0. The largest absolute Gasteiger partial charge is 4.00 e. The minimum atomic E-state index is 0. The van der Waals surface area contributed by atoms with Crippen molar-refractivity contribution in [2.24, 2.45) is 0 Å². The average Bonchev–Trinajstić information content (AvgIpc) is 3.00. The van der Waals surface area contributed by atoms with Crippen LogP contribution in [0.3, 0.4) is 0 Å². The van der Waals surface area contributed by atoms with Crippen molar-refractivity contribution in [2.45, 2.75) is 64.2 Å². The maximum Gasteiger partial charge on any atom is 4.00 e. The molecule has 19 heavy (non-hydrogen) atoms. The van der Waals surface area contributed by atoms with Crippen LogP contribution in [0.15, 0.2) is 0 Å². The van der Waals surface area contributed by atoms with Crippen molar-refractivity contribution in [1.82, 2.24) is 0 Å². The van der Waals surface area contributed by atoms with Crippen LogP contribution < -0.4 is 0 Å². The molecule has 0 unspecified atom stereocenters. The summed E-state index contributed by atoms with van der Waals surface area (Å²) in [6, 6.07) is 0. The fraction of sp³-hybridized carbons (Fsp3) is 0.833. The Bertz CT molecular complexity index is 153. The Morgan fingerprint density at radius 1 is 0.421 bits per heavy atom. The van der Waals surface area contributed by atoms with E-state index in [4.69, 9.17) is 22.1 Å². The van der Waals surface area contributed by atoms with Gasteiger partial charge in [-0.2, -0.15) is 0 Å². The molecule has 1 radical (unpaired) electrons. The monoisotopic (exact) mass is 305 g/mol. The number of hydrogen-bond acceptors (Lipinski definition) is 0. The molecule has 0 aromatic carbocycles. The van der Waals surface area contributed by atoms with Crippen molar-refractivity contribution >= 4 is 0 Å². The summed E-state index contributed by atoms with van der Waals surface area (Å²) in [5.41, 5.74) is 27.0. The van der Waals surface area contributed by atoms with Gasteiger partial charge in [0.2, 0.25) is 0 Å². The van der Waals surface area contributed by atoms with Gasteiger partial charge in [0, 0.05) is 0 Å². The first-order valence-corrected chi connectivity index (χ1v) is 5.80. The molecule has 0 atom stereocenters. The van der Waals surface area contributed by atoms with E-state index in [1.807, 2.05) is 0 Å². The molecule has 0 N–H and O–H groups in total. The van der Waals surface area contributed by atoms with E-state index in [9.17, 15) is 0 Å². The Morgan fingerprint density at radius 2 is 0.474 bits per heavy atom. The Kier molecular flexibility index (Phi) is 58.5. The first-order chi connectivity index (χ1) is 7.83. The van der Waals surface area contributed by atoms with Gasteiger partial charge >= 0.3 is 18.6 Å². The van der Waals surface area contributed by atoms with Gasteiger partial charge in [-0.1, -0.05) is 64.2 Å². The average molecular weight is 305 g/mol. The maximum absolute atomic E-state index is 6.75. The van der Waals surface area contributed by atoms with Gasteiger partial charge in [-0.15, -0.1) is 0 Å². The van der Waals surface area contributed by atoms with Crippen molar-refractivity contribution in [2.75, 3.05) is 0 Å². The van der Waals surface area contributed by atoms with Crippen LogP contribution in [0.1, 0.15) is 64.2 Å². The molecule has 0 aliphatic heterocycles. The van der Waals surface area contributed by atoms with E-state index in [-0.39, 0.29) is 33.4 Å². The van der Waals surface area contributed by atoms with Crippen molar-refractivity contribution in [3.8, 4) is 0 Å². The zero-order valence-electron chi connectivity index (χ0n) is 12.2. The van der Waals surface area contributed by atoms with Crippen molar-refractivity contribution in [3.63, 3.8) is 0 Å². The normalized spacial score (nSPS) is 13.5. The zero-order valence-corrected chi connectivity index (χ0v) is 13.6. The third kappa shape index (κ3) is 46.9. The summed E-state index contributed by atoms with van der Waals surface area (Å²) >= 11 is 0. The number of hydrogen-bond donors (Lipinski definition) is 0. The van der Waals surface area contributed by atoms with Crippen LogP contribution in [-0.2, 0) is 18.6 Å². The Morgan fingerprint density at radius 3 is 0.526 bits per heavy atom. The van der Waals surface area contributed by atoms with Crippen LogP contribution in [0.25, 0.3) is 31.9 Å². The van der Waals surface area contributed by atoms with Gasteiger partial charge in [0.15, 0.2) is 0 Å². The Balaban J connectivity index is -0.0000000450. The fourth-order valence-corrected chi connectivity index (χ4v) is 1.77. The van der Waals surface area contributed by atoms with E-state index in [0.717, 1.165) is 0 Å². The summed E-state index contributed by atoms with van der Waals surface area (Å²) in [5.74, 6) is 0. The van der Waals surface area contributed by atoms with Crippen LogP contribution in [0.4, 0.5) is 0 Å². The quantitative estimate of drug-likeness (QED) is 0.209. The molecule has 6 nitrogen and oxygen atoms in total. The predicted octanol–water partition coefficient (Wildman–Crippen LogP) is 6.53. The minimum absolute atomic E-state index is 0. The molecule has 2 saturated carbocycles. The molecule has 7 heteroatoms. The van der Waals surface area contributed by atoms with Crippen LogP contribution >= 0.6 is 0 Å². The van der Waals surface area contributed by atoms with E-state index < -0.39 is 0 Å². The summed E-state index contributed by atoms with van der Waals surface area (Å²) in [6.45, 7) is 0. The minimum Gasteiger partial charge on any atom is -0.373 e. The van der Waals surface area contributed by atoms with Crippen LogP contribution in [-0.4, -0.2) is 0 Å². The number of nitrogens with zero attached hydrogens (tertiary/aromatic N) is 6. The maximum atomic E-state index is 6.75. The first kappa shape index (κ1) is 30.9. The molecular formula is C12H26N6V. The molecule has 0 spiro atoms. The molecule has 0 bridgehead atoms. The van der Waals surface area contributed by atoms with Crippen molar-refractivity contribution in [3.05, 3.63) is 46.8 Å². The van der Waals surface area contributed by atoms with Gasteiger partial charge in [-0.05, 0) is 0 Å².